The van der Waals surface area contributed by atoms with Crippen LogP contribution in [0.25, 0.3) is 0 Å². The van der Waals surface area contributed by atoms with Crippen molar-refractivity contribution in [3.05, 3.63) is 33.4 Å². The van der Waals surface area contributed by atoms with Crippen molar-refractivity contribution < 1.29 is 14.3 Å². The fourth-order valence-electron chi connectivity index (χ4n) is 4.14. The number of halogens is 1. The second kappa shape index (κ2) is 8.52. The molecule has 0 aliphatic heterocycles. The predicted molar refractivity (Wildman–Crippen MR) is 104 cm³/mol. The molecule has 2 rings (SSSR count). The lowest BCUT2D eigenvalue weighted by atomic mass is 9.68. The van der Waals surface area contributed by atoms with Crippen LogP contribution >= 0.6 is 22.6 Å². The Kier molecular flexibility index (Phi) is 6.92. The molecule has 0 radical (unpaired) electrons. The smallest absolute Gasteiger partial charge is 0.404 e. The van der Waals surface area contributed by atoms with Gasteiger partial charge in [0.2, 0.25) is 0 Å². The summed E-state index contributed by atoms with van der Waals surface area (Å²) in [4.78, 5) is 11.4. The molecule has 1 amide bonds. The Bertz CT molecular complexity index is 563. The average Bonchev–Trinajstić information content (AvgIpc) is 2.53. The Morgan fingerprint density at radius 1 is 1.33 bits per heavy atom. The zero-order valence-electron chi connectivity index (χ0n) is 14.8. The standard InChI is InChI=1S/C19H28INO3/c1-13(2)12-19(23-3,14-8-4-6-10-16(14)20)15-9-5-7-11-17(15)24-18(21)22/h4,6,8,10,13,15,17H,5,7,9,11-12H2,1-3H3,(H2,21,22)/t15-,17-,19?/m0/s1. The van der Waals surface area contributed by atoms with E-state index in [-0.39, 0.29) is 12.0 Å². The van der Waals surface area contributed by atoms with Crippen LogP contribution < -0.4 is 5.73 Å². The molecule has 1 aromatic carbocycles. The van der Waals surface area contributed by atoms with E-state index in [1.165, 1.54) is 9.13 Å². The van der Waals surface area contributed by atoms with Crippen LogP contribution in [0.3, 0.4) is 0 Å². The highest BCUT2D eigenvalue weighted by Crippen LogP contribution is 2.48. The number of methoxy groups -OCH3 is 1. The molecule has 0 spiro atoms. The lowest BCUT2D eigenvalue weighted by Crippen LogP contribution is -2.48. The van der Waals surface area contributed by atoms with Gasteiger partial charge in [-0.15, -0.1) is 0 Å². The van der Waals surface area contributed by atoms with Gasteiger partial charge in [-0.2, -0.15) is 0 Å². The van der Waals surface area contributed by atoms with Gasteiger partial charge in [0, 0.05) is 16.6 Å². The first-order chi connectivity index (χ1) is 11.4. The van der Waals surface area contributed by atoms with Crippen LogP contribution in [0, 0.1) is 15.4 Å². The van der Waals surface area contributed by atoms with Crippen molar-refractivity contribution in [3.8, 4) is 0 Å². The summed E-state index contributed by atoms with van der Waals surface area (Å²) in [6.07, 6.45) is 4.00. The number of nitrogens with two attached hydrogens (primary N) is 1. The van der Waals surface area contributed by atoms with Crippen LogP contribution in [-0.2, 0) is 15.1 Å². The third-order valence-corrected chi connectivity index (χ3v) is 5.92. The number of carbonyl (C=O) groups excluding carboxylic acids is 1. The predicted octanol–water partition coefficient (Wildman–Crippen LogP) is 4.83. The Morgan fingerprint density at radius 3 is 2.58 bits per heavy atom. The van der Waals surface area contributed by atoms with Crippen molar-refractivity contribution in [3.63, 3.8) is 0 Å². The summed E-state index contributed by atoms with van der Waals surface area (Å²) < 4.78 is 12.9. The molecule has 0 bridgehead atoms. The fourth-order valence-corrected chi connectivity index (χ4v) is 4.98. The van der Waals surface area contributed by atoms with Gasteiger partial charge in [-0.1, -0.05) is 38.5 Å². The van der Waals surface area contributed by atoms with Gasteiger partial charge in [0.15, 0.2) is 0 Å². The van der Waals surface area contributed by atoms with Gasteiger partial charge in [-0.25, -0.2) is 4.79 Å². The van der Waals surface area contributed by atoms with Crippen LogP contribution in [0.5, 0.6) is 0 Å². The molecule has 1 fully saturated rings. The van der Waals surface area contributed by atoms with Gasteiger partial charge in [0.25, 0.3) is 0 Å². The van der Waals surface area contributed by atoms with E-state index < -0.39 is 11.7 Å². The van der Waals surface area contributed by atoms with Crippen molar-refractivity contribution in [2.45, 2.75) is 57.7 Å². The van der Waals surface area contributed by atoms with Crippen LogP contribution in [0.15, 0.2) is 24.3 Å². The summed E-state index contributed by atoms with van der Waals surface area (Å²) in [5.74, 6) is 0.569. The quantitative estimate of drug-likeness (QED) is 0.638. The number of amides is 1. The number of rotatable bonds is 6. The third kappa shape index (κ3) is 4.23. The molecule has 1 unspecified atom stereocenters. The van der Waals surface area contributed by atoms with Gasteiger partial charge in [0.05, 0.1) is 0 Å². The van der Waals surface area contributed by atoms with Gasteiger partial charge < -0.3 is 15.2 Å². The monoisotopic (exact) mass is 445 g/mol. The molecule has 1 aliphatic rings. The minimum absolute atomic E-state index is 0.113. The maximum Gasteiger partial charge on any atom is 0.404 e. The minimum atomic E-state index is -0.691. The number of benzene rings is 1. The molecule has 3 atom stereocenters. The van der Waals surface area contributed by atoms with E-state index in [0.717, 1.165) is 32.1 Å². The summed E-state index contributed by atoms with van der Waals surface area (Å²) in [7, 11) is 1.78. The van der Waals surface area contributed by atoms with Crippen molar-refractivity contribution in [2.75, 3.05) is 7.11 Å². The molecule has 24 heavy (non-hydrogen) atoms. The van der Waals surface area contributed by atoms with Crippen molar-refractivity contribution in [1.29, 1.82) is 0 Å². The molecule has 1 aromatic rings. The molecular weight excluding hydrogens is 417 g/mol. The van der Waals surface area contributed by atoms with E-state index in [9.17, 15) is 4.79 Å². The molecule has 4 nitrogen and oxygen atoms in total. The topological polar surface area (TPSA) is 61.6 Å². The summed E-state index contributed by atoms with van der Waals surface area (Å²) in [5, 5.41) is 0. The number of primary amides is 1. The molecule has 0 aromatic heterocycles. The van der Waals surface area contributed by atoms with Gasteiger partial charge in [-0.05, 0) is 65.8 Å². The molecule has 2 N–H and O–H groups in total. The average molecular weight is 445 g/mol. The van der Waals surface area contributed by atoms with Crippen molar-refractivity contribution >= 4 is 28.7 Å². The van der Waals surface area contributed by atoms with E-state index >= 15 is 0 Å². The molecule has 134 valence electrons. The van der Waals surface area contributed by atoms with Crippen molar-refractivity contribution in [2.24, 2.45) is 17.6 Å². The Balaban J connectivity index is 2.51. The lowest BCUT2D eigenvalue weighted by Gasteiger charge is -2.46. The van der Waals surface area contributed by atoms with Crippen LogP contribution in [0.4, 0.5) is 4.79 Å². The number of hydrogen-bond acceptors (Lipinski definition) is 3. The Labute approximate surface area is 158 Å². The third-order valence-electron chi connectivity index (χ3n) is 4.97. The van der Waals surface area contributed by atoms with Gasteiger partial charge in [0.1, 0.15) is 11.7 Å². The highest BCUT2D eigenvalue weighted by Gasteiger charge is 2.48. The molecular formula is C19H28INO3. The van der Waals surface area contributed by atoms with Crippen LogP contribution in [-0.4, -0.2) is 19.3 Å². The maximum absolute atomic E-state index is 11.4. The first-order valence-electron chi connectivity index (χ1n) is 8.67. The molecule has 1 aliphatic carbocycles. The zero-order valence-corrected chi connectivity index (χ0v) is 16.9. The lowest BCUT2D eigenvalue weighted by molar-refractivity contribution is -0.129. The Hall–Kier alpha value is -0.820. The van der Waals surface area contributed by atoms with Gasteiger partial charge >= 0.3 is 6.09 Å². The number of carbonyl (C=O) groups is 1. The summed E-state index contributed by atoms with van der Waals surface area (Å²) in [5.41, 5.74) is 6.06. The van der Waals surface area contributed by atoms with E-state index in [4.69, 9.17) is 15.2 Å². The second-order valence-corrected chi connectivity index (χ2v) is 8.20. The first kappa shape index (κ1) is 19.5. The van der Waals surface area contributed by atoms with E-state index in [2.05, 4.69) is 54.6 Å². The fraction of sp³-hybridized carbons (Fsp3) is 0.632. The number of hydrogen-bond donors (Lipinski definition) is 1. The second-order valence-electron chi connectivity index (χ2n) is 7.04. The summed E-state index contributed by atoms with van der Waals surface area (Å²) in [6, 6.07) is 8.35. The van der Waals surface area contributed by atoms with Crippen molar-refractivity contribution in [1.82, 2.24) is 0 Å². The highest BCUT2D eigenvalue weighted by molar-refractivity contribution is 14.1. The minimum Gasteiger partial charge on any atom is -0.446 e. The van der Waals surface area contributed by atoms with Crippen LogP contribution in [0.2, 0.25) is 0 Å². The first-order valence-corrected chi connectivity index (χ1v) is 9.75. The largest absolute Gasteiger partial charge is 0.446 e. The molecule has 1 saturated carbocycles. The molecule has 5 heteroatoms. The summed E-state index contributed by atoms with van der Waals surface area (Å²) >= 11 is 2.37. The number of ether oxygens (including phenoxy) is 2. The summed E-state index contributed by atoms with van der Waals surface area (Å²) in [6.45, 7) is 4.41. The molecule has 0 saturated heterocycles. The maximum atomic E-state index is 11.4. The van der Waals surface area contributed by atoms with Crippen LogP contribution in [0.1, 0.15) is 51.5 Å². The van der Waals surface area contributed by atoms with E-state index in [1.54, 1.807) is 7.11 Å². The highest BCUT2D eigenvalue weighted by atomic mass is 127. The molecule has 0 heterocycles. The normalized spacial score (nSPS) is 23.7. The Morgan fingerprint density at radius 2 is 2.00 bits per heavy atom. The van der Waals surface area contributed by atoms with Gasteiger partial charge in [-0.3, -0.25) is 0 Å². The van der Waals surface area contributed by atoms with E-state index in [1.807, 2.05) is 6.07 Å². The SMILES string of the molecule is COC(CC(C)C)(c1ccccc1I)[C@H]1CCCC[C@@H]1OC(N)=O. The van der Waals surface area contributed by atoms with E-state index in [0.29, 0.717) is 5.92 Å². The zero-order chi connectivity index (χ0) is 17.7.